The maximum atomic E-state index is 13.2. The fourth-order valence-corrected chi connectivity index (χ4v) is 5.85. The Morgan fingerprint density at radius 3 is 2.50 bits per heavy atom. The molecule has 0 saturated carbocycles. The van der Waals surface area contributed by atoms with Crippen LogP contribution in [0.15, 0.2) is 79.0 Å². The molecule has 0 aliphatic carbocycles. The second-order valence-electron chi connectivity index (χ2n) is 9.77. The number of para-hydroxylation sites is 2. The minimum Gasteiger partial charge on any atom is -0.352 e. The number of thiocarbonyl (C=S) groups is 1. The third kappa shape index (κ3) is 4.82. The maximum absolute atomic E-state index is 13.2. The second kappa shape index (κ2) is 10.8. The highest BCUT2D eigenvalue weighted by Gasteiger charge is 2.42. The average Bonchev–Trinajstić information content (AvgIpc) is 3.39. The Hall–Kier alpha value is -3.97. The summed E-state index contributed by atoms with van der Waals surface area (Å²) in [6, 6.07) is 23.7. The predicted molar refractivity (Wildman–Crippen MR) is 157 cm³/mol. The molecule has 1 aliphatic heterocycles. The Morgan fingerprint density at radius 1 is 1.03 bits per heavy atom. The van der Waals surface area contributed by atoms with Gasteiger partial charge >= 0.3 is 0 Å². The molecule has 0 unspecified atom stereocenters. The van der Waals surface area contributed by atoms with Gasteiger partial charge in [-0.2, -0.15) is 0 Å². The molecule has 5 rings (SSSR count). The van der Waals surface area contributed by atoms with Crippen LogP contribution in [0.25, 0.3) is 5.69 Å². The zero-order valence-electron chi connectivity index (χ0n) is 22.2. The molecule has 2 atom stereocenters. The van der Waals surface area contributed by atoms with E-state index in [2.05, 4.69) is 72.1 Å². The van der Waals surface area contributed by atoms with E-state index in [9.17, 15) is 4.79 Å². The van der Waals surface area contributed by atoms with Gasteiger partial charge in [0.2, 0.25) is 5.91 Å². The number of hydrogen-bond acceptors (Lipinski definition) is 3. The number of carbonyl (C=O) groups excluding carboxylic acids is 1. The third-order valence-electron chi connectivity index (χ3n) is 7.28. The third-order valence-corrected chi connectivity index (χ3v) is 7.64. The van der Waals surface area contributed by atoms with Crippen LogP contribution in [0.3, 0.4) is 0 Å². The Kier molecular flexibility index (Phi) is 7.29. The Labute approximate surface area is 229 Å². The summed E-state index contributed by atoms with van der Waals surface area (Å²) in [6.07, 6.45) is 2.74. The van der Waals surface area contributed by atoms with Crippen LogP contribution < -0.4 is 10.6 Å². The lowest BCUT2D eigenvalue weighted by molar-refractivity contribution is -0.116. The quantitative estimate of drug-likeness (QED) is 0.292. The van der Waals surface area contributed by atoms with Crippen LogP contribution >= 0.6 is 12.2 Å². The van der Waals surface area contributed by atoms with E-state index in [0.29, 0.717) is 5.11 Å². The van der Waals surface area contributed by atoms with Gasteiger partial charge in [-0.3, -0.25) is 9.78 Å². The molecule has 38 heavy (non-hydrogen) atoms. The molecule has 0 spiro atoms. The summed E-state index contributed by atoms with van der Waals surface area (Å²) < 4.78 is 2.35. The number of benzene rings is 2. The van der Waals surface area contributed by atoms with E-state index in [4.69, 9.17) is 12.2 Å². The summed E-state index contributed by atoms with van der Waals surface area (Å²) in [5.41, 5.74) is 8.83. The number of carbonyl (C=O) groups is 1. The monoisotopic (exact) mass is 523 g/mol. The molecule has 7 heteroatoms. The van der Waals surface area contributed by atoms with Crippen LogP contribution in [-0.2, 0) is 11.2 Å². The van der Waals surface area contributed by atoms with Crippen molar-refractivity contribution in [1.29, 1.82) is 0 Å². The van der Waals surface area contributed by atoms with Gasteiger partial charge < -0.3 is 20.1 Å². The van der Waals surface area contributed by atoms with Gasteiger partial charge in [0.05, 0.1) is 23.5 Å². The van der Waals surface area contributed by atoms with Gasteiger partial charge in [0.15, 0.2) is 5.11 Å². The van der Waals surface area contributed by atoms with Gasteiger partial charge in [0, 0.05) is 23.3 Å². The van der Waals surface area contributed by atoms with E-state index in [0.717, 1.165) is 34.8 Å². The van der Waals surface area contributed by atoms with Gasteiger partial charge in [0.25, 0.3) is 0 Å². The Morgan fingerprint density at radius 2 is 1.79 bits per heavy atom. The second-order valence-corrected chi connectivity index (χ2v) is 10.2. The Bertz CT molecular complexity index is 1460. The van der Waals surface area contributed by atoms with E-state index >= 15 is 0 Å². The van der Waals surface area contributed by atoms with Crippen molar-refractivity contribution in [2.45, 2.75) is 46.2 Å². The molecule has 6 nitrogen and oxygen atoms in total. The van der Waals surface area contributed by atoms with Crippen molar-refractivity contribution < 1.29 is 4.79 Å². The lowest BCUT2D eigenvalue weighted by Crippen LogP contribution is -2.37. The largest absolute Gasteiger partial charge is 0.352 e. The molecule has 2 aromatic heterocycles. The molecule has 1 fully saturated rings. The van der Waals surface area contributed by atoms with Crippen molar-refractivity contribution in [3.05, 3.63) is 113 Å². The molecular weight excluding hydrogens is 490 g/mol. The fraction of sp³-hybridized carbons (Fsp3) is 0.258. The van der Waals surface area contributed by atoms with Crippen LogP contribution in [0.1, 0.15) is 52.8 Å². The molecule has 3 heterocycles. The smallest absolute Gasteiger partial charge is 0.244 e. The standard InChI is InChI=1S/C31H33N5OS/c1-5-23-13-11-12-20(2)29(23)36-21(3)18-25(22(36)4)30-28(26-16-9-10-17-32-26)34-31(38)35(30)19-27(37)33-24-14-7-6-8-15-24/h6-18,28,30H,5,19H2,1-4H3,(H,33,37)(H,34,38)/t28-,30-/m1/s1. The van der Waals surface area contributed by atoms with Crippen molar-refractivity contribution in [2.75, 3.05) is 11.9 Å². The molecule has 2 N–H and O–H groups in total. The van der Waals surface area contributed by atoms with Crippen molar-refractivity contribution in [1.82, 2.24) is 19.8 Å². The molecule has 2 aromatic carbocycles. The summed E-state index contributed by atoms with van der Waals surface area (Å²) in [4.78, 5) is 19.8. The number of nitrogens with one attached hydrogen (secondary N) is 2. The summed E-state index contributed by atoms with van der Waals surface area (Å²) in [7, 11) is 0. The van der Waals surface area contributed by atoms with E-state index < -0.39 is 0 Å². The van der Waals surface area contributed by atoms with Crippen molar-refractivity contribution in [3.8, 4) is 5.69 Å². The van der Waals surface area contributed by atoms with Crippen LogP contribution in [0.5, 0.6) is 0 Å². The van der Waals surface area contributed by atoms with Gasteiger partial charge in [-0.05, 0) is 86.4 Å². The first-order valence-electron chi connectivity index (χ1n) is 13.0. The molecule has 1 amide bonds. The number of nitrogens with zero attached hydrogens (tertiary/aromatic N) is 3. The van der Waals surface area contributed by atoms with Gasteiger partial charge in [-0.1, -0.05) is 49.4 Å². The number of hydrogen-bond donors (Lipinski definition) is 2. The summed E-state index contributed by atoms with van der Waals surface area (Å²) >= 11 is 5.81. The molecule has 4 aromatic rings. The molecule has 194 valence electrons. The fourth-order valence-electron chi connectivity index (χ4n) is 5.55. The summed E-state index contributed by atoms with van der Waals surface area (Å²) in [5, 5.41) is 7.03. The van der Waals surface area contributed by atoms with Crippen LogP contribution in [0.4, 0.5) is 5.69 Å². The molecule has 1 saturated heterocycles. The summed E-state index contributed by atoms with van der Waals surface area (Å²) in [5.74, 6) is -0.118. The zero-order valence-corrected chi connectivity index (χ0v) is 23.0. The number of amides is 1. The first-order valence-corrected chi connectivity index (χ1v) is 13.4. The highest BCUT2D eigenvalue weighted by Crippen LogP contribution is 2.41. The number of aryl methyl sites for hydroxylation is 3. The maximum Gasteiger partial charge on any atom is 0.244 e. The minimum atomic E-state index is -0.201. The molecular formula is C31H33N5OS. The normalized spacial score (nSPS) is 16.9. The van der Waals surface area contributed by atoms with E-state index in [-0.39, 0.29) is 24.5 Å². The lowest BCUT2D eigenvalue weighted by atomic mass is 9.96. The molecule has 1 aliphatic rings. The van der Waals surface area contributed by atoms with E-state index in [1.54, 1.807) is 6.20 Å². The first kappa shape index (κ1) is 25.7. The van der Waals surface area contributed by atoms with Gasteiger partial charge in [-0.25, -0.2) is 0 Å². The number of pyridine rings is 1. The van der Waals surface area contributed by atoms with E-state index in [1.165, 1.54) is 16.8 Å². The van der Waals surface area contributed by atoms with Gasteiger partial charge in [-0.15, -0.1) is 0 Å². The minimum absolute atomic E-state index is 0.118. The van der Waals surface area contributed by atoms with Gasteiger partial charge in [0.1, 0.15) is 6.54 Å². The zero-order chi connectivity index (χ0) is 26.8. The SMILES string of the molecule is CCc1cccc(C)c1-n1c(C)cc([C@@H]2[C@@H](c3ccccn3)NC(=S)N2CC(=O)Nc2ccccc2)c1C. The van der Waals surface area contributed by atoms with Crippen molar-refractivity contribution in [2.24, 2.45) is 0 Å². The van der Waals surface area contributed by atoms with E-state index in [1.807, 2.05) is 53.4 Å². The van der Waals surface area contributed by atoms with Crippen LogP contribution in [-0.4, -0.2) is 32.0 Å². The Balaban J connectivity index is 1.58. The summed E-state index contributed by atoms with van der Waals surface area (Å²) in [6.45, 7) is 8.79. The lowest BCUT2D eigenvalue weighted by Gasteiger charge is -2.28. The molecule has 0 bridgehead atoms. The first-order chi connectivity index (χ1) is 18.4. The van der Waals surface area contributed by atoms with Crippen LogP contribution in [0.2, 0.25) is 0 Å². The van der Waals surface area contributed by atoms with Crippen molar-refractivity contribution >= 4 is 28.9 Å². The van der Waals surface area contributed by atoms with Crippen LogP contribution in [0, 0.1) is 20.8 Å². The topological polar surface area (TPSA) is 62.2 Å². The highest BCUT2D eigenvalue weighted by atomic mass is 32.1. The number of anilines is 1. The van der Waals surface area contributed by atoms with Crippen molar-refractivity contribution in [3.63, 3.8) is 0 Å². The predicted octanol–water partition coefficient (Wildman–Crippen LogP) is 5.97. The number of rotatable bonds is 7. The average molecular weight is 524 g/mol. The highest BCUT2D eigenvalue weighted by molar-refractivity contribution is 7.80. The number of aromatic nitrogens is 2. The molecule has 0 radical (unpaired) electrons.